The molecule has 1 aliphatic heterocycles. The van der Waals surface area contributed by atoms with Crippen molar-refractivity contribution in [2.45, 2.75) is 62.6 Å². The van der Waals surface area contributed by atoms with E-state index in [0.29, 0.717) is 40.8 Å². The first-order valence-corrected chi connectivity index (χ1v) is 16.1. The van der Waals surface area contributed by atoms with Crippen LogP contribution in [0.3, 0.4) is 0 Å². The second-order valence-corrected chi connectivity index (χ2v) is 14.3. The van der Waals surface area contributed by atoms with Crippen LogP contribution in [0.1, 0.15) is 72.2 Å². The molecular formula is C29H35N9O3S2. The zero-order chi connectivity index (χ0) is 30.6. The Morgan fingerprint density at radius 1 is 1.09 bits per heavy atom. The van der Waals surface area contributed by atoms with E-state index in [1.54, 1.807) is 42.9 Å². The maximum Gasteiger partial charge on any atom is 0.263 e. The summed E-state index contributed by atoms with van der Waals surface area (Å²) in [6.45, 7) is 2.12. The fourth-order valence-corrected chi connectivity index (χ4v) is 9.55. The number of amides is 3. The summed E-state index contributed by atoms with van der Waals surface area (Å²) in [5, 5.41) is 28.6. The highest BCUT2D eigenvalue weighted by atomic mass is 32.1. The Bertz CT molecular complexity index is 1540. The number of carbonyl (C=O) groups is 3. The molecule has 0 radical (unpaired) electrons. The van der Waals surface area contributed by atoms with E-state index in [9.17, 15) is 19.6 Å². The van der Waals surface area contributed by atoms with Crippen molar-refractivity contribution in [3.8, 4) is 6.07 Å². The van der Waals surface area contributed by atoms with Crippen molar-refractivity contribution in [2.75, 3.05) is 34.7 Å². The second kappa shape index (κ2) is 11.1. The summed E-state index contributed by atoms with van der Waals surface area (Å²) in [5.74, 6) is 0.680. The van der Waals surface area contributed by atoms with Crippen LogP contribution in [0.25, 0.3) is 0 Å². The molecule has 4 atom stereocenters. The number of aromatic nitrogens is 4. The van der Waals surface area contributed by atoms with Gasteiger partial charge in [0.05, 0.1) is 22.4 Å². The van der Waals surface area contributed by atoms with E-state index in [1.165, 1.54) is 22.7 Å². The van der Waals surface area contributed by atoms with Crippen LogP contribution in [0, 0.1) is 17.2 Å². The number of thiophene rings is 2. The van der Waals surface area contributed by atoms with Crippen molar-refractivity contribution in [3.63, 3.8) is 0 Å². The predicted octanol–water partition coefficient (Wildman–Crippen LogP) is 2.04. The third-order valence-corrected chi connectivity index (χ3v) is 11.4. The smallest absolute Gasteiger partial charge is 0.263 e. The van der Waals surface area contributed by atoms with Gasteiger partial charge in [-0.25, -0.2) is 0 Å². The Kier molecular flexibility index (Phi) is 7.60. The van der Waals surface area contributed by atoms with Crippen LogP contribution in [0.15, 0.2) is 12.1 Å². The molecule has 1 saturated heterocycles. The number of H-pyrrole nitrogens is 1. The normalized spacial score (nSPS) is 22.0. The molecular weight excluding hydrogens is 587 g/mol. The molecule has 3 aliphatic rings. The Balaban J connectivity index is 1.41. The number of fused-ring (bicyclic) bond motifs is 3. The molecule has 0 aromatic carbocycles. The van der Waals surface area contributed by atoms with Crippen molar-refractivity contribution < 1.29 is 14.4 Å². The minimum atomic E-state index is -0.918. The molecule has 2 aliphatic carbocycles. The van der Waals surface area contributed by atoms with Crippen molar-refractivity contribution in [3.05, 3.63) is 48.6 Å². The molecule has 3 aromatic heterocycles. The summed E-state index contributed by atoms with van der Waals surface area (Å²) < 4.78 is 0. The number of aromatic amines is 1. The fraction of sp³-hybridized carbons (Fsp3) is 0.552. The molecule has 0 unspecified atom stereocenters. The molecule has 3 amide bonds. The van der Waals surface area contributed by atoms with Crippen LogP contribution < -0.4 is 5.32 Å². The molecule has 0 bridgehead atoms. The average molecular weight is 622 g/mol. The summed E-state index contributed by atoms with van der Waals surface area (Å²) >= 11 is 2.87. The number of nitrogens with zero attached hydrogens (tertiary/aromatic N) is 7. The summed E-state index contributed by atoms with van der Waals surface area (Å²) in [7, 11) is 6.95. The van der Waals surface area contributed by atoms with Gasteiger partial charge in [-0.2, -0.15) is 10.5 Å². The van der Waals surface area contributed by atoms with Gasteiger partial charge in [0.15, 0.2) is 5.82 Å². The lowest BCUT2D eigenvalue weighted by molar-refractivity contribution is -0.131. The zero-order valence-electron chi connectivity index (χ0n) is 24.9. The molecule has 43 heavy (non-hydrogen) atoms. The molecule has 14 heteroatoms. The lowest BCUT2D eigenvalue weighted by atomic mass is 9.76. The van der Waals surface area contributed by atoms with Gasteiger partial charge in [0.2, 0.25) is 5.91 Å². The van der Waals surface area contributed by atoms with E-state index in [-0.39, 0.29) is 42.4 Å². The van der Waals surface area contributed by atoms with E-state index >= 15 is 0 Å². The number of aryl methyl sites for hydroxylation is 2. The van der Waals surface area contributed by atoms with E-state index in [1.807, 2.05) is 19.1 Å². The lowest BCUT2D eigenvalue weighted by Crippen LogP contribution is -2.46. The Labute approximate surface area is 258 Å². The number of nitrogens with one attached hydrogen (secondary N) is 2. The molecule has 4 heterocycles. The largest absolute Gasteiger partial charge is 0.344 e. The predicted molar refractivity (Wildman–Crippen MR) is 161 cm³/mol. The minimum absolute atomic E-state index is 0.0655. The minimum Gasteiger partial charge on any atom is -0.344 e. The number of tetrazole rings is 1. The fourth-order valence-electron chi connectivity index (χ4n) is 6.61. The summed E-state index contributed by atoms with van der Waals surface area (Å²) in [5.41, 5.74) is 1.17. The molecule has 226 valence electrons. The van der Waals surface area contributed by atoms with Crippen molar-refractivity contribution in [2.24, 2.45) is 5.92 Å². The Morgan fingerprint density at radius 2 is 1.70 bits per heavy atom. The zero-order valence-corrected chi connectivity index (χ0v) is 26.5. The highest BCUT2D eigenvalue weighted by Crippen LogP contribution is 2.52. The molecule has 12 nitrogen and oxygen atoms in total. The van der Waals surface area contributed by atoms with Gasteiger partial charge in [-0.3, -0.25) is 14.4 Å². The van der Waals surface area contributed by atoms with Crippen molar-refractivity contribution in [1.29, 1.82) is 5.26 Å². The number of hydrogen-bond donors (Lipinski definition) is 2. The first-order valence-electron chi connectivity index (χ1n) is 14.4. The number of piperidine rings is 1. The van der Waals surface area contributed by atoms with Gasteiger partial charge in [0, 0.05) is 50.0 Å². The monoisotopic (exact) mass is 621 g/mol. The van der Waals surface area contributed by atoms with Gasteiger partial charge in [-0.05, 0) is 68.2 Å². The first-order chi connectivity index (χ1) is 20.5. The average Bonchev–Trinajstić information content (AvgIpc) is 3.48. The van der Waals surface area contributed by atoms with Gasteiger partial charge >= 0.3 is 0 Å². The highest BCUT2D eigenvalue weighted by Gasteiger charge is 2.54. The van der Waals surface area contributed by atoms with E-state index in [0.717, 1.165) is 33.7 Å². The molecule has 3 aromatic rings. The van der Waals surface area contributed by atoms with Gasteiger partial charge in [-0.1, -0.05) is 5.21 Å². The van der Waals surface area contributed by atoms with Crippen LogP contribution in [-0.4, -0.2) is 106 Å². The van der Waals surface area contributed by atoms with Crippen LogP contribution in [0.2, 0.25) is 0 Å². The number of hydrogen-bond acceptors (Lipinski definition) is 10. The van der Waals surface area contributed by atoms with Crippen LogP contribution in [0.4, 0.5) is 0 Å². The number of nitriles is 1. The lowest BCUT2D eigenvalue weighted by Gasteiger charge is -2.33. The maximum atomic E-state index is 13.3. The number of rotatable bonds is 8. The third kappa shape index (κ3) is 5.03. The van der Waals surface area contributed by atoms with E-state index in [2.05, 4.69) is 32.0 Å². The SMILES string of the molecule is C[C@H](CC1(c2nn[nH]n2)c2sc(C(=O)N(C)C)cc2CCc2cc(C(=O)N(C)C)sc21)NCC(=O)N1[C@H](C#N)C[C@@H]2C[C@@H]21. The highest BCUT2D eigenvalue weighted by molar-refractivity contribution is 7.16. The van der Waals surface area contributed by atoms with Crippen molar-refractivity contribution >= 4 is 40.4 Å². The molecule has 2 N–H and O–H groups in total. The number of carbonyl (C=O) groups excluding carboxylic acids is 3. The topological polar surface area (TPSA) is 151 Å². The summed E-state index contributed by atoms with van der Waals surface area (Å²) in [6, 6.07) is 5.86. The van der Waals surface area contributed by atoms with Crippen LogP contribution in [0.5, 0.6) is 0 Å². The van der Waals surface area contributed by atoms with Crippen molar-refractivity contribution in [1.82, 2.24) is 40.6 Å². The van der Waals surface area contributed by atoms with E-state index < -0.39 is 5.41 Å². The quantitative estimate of drug-likeness (QED) is 0.388. The van der Waals surface area contributed by atoms with E-state index in [4.69, 9.17) is 0 Å². The van der Waals surface area contributed by atoms with Gasteiger partial charge in [0.25, 0.3) is 11.8 Å². The summed E-state index contributed by atoms with van der Waals surface area (Å²) in [4.78, 5) is 47.6. The van der Waals surface area contributed by atoms with Crippen LogP contribution >= 0.6 is 22.7 Å². The van der Waals surface area contributed by atoms with Gasteiger partial charge in [-0.15, -0.1) is 32.9 Å². The standard InChI is InChI=1S/C29H35N9O3S2/c1-15(31-14-23(39)38-19(13-30)8-18-9-20(18)38)12-29(28-32-34-35-33-28)24-16(10-21(42-24)26(40)36(2)3)6-7-17-11-22(43-25(17)29)27(41)37(4)5/h10-11,15,18-20,31H,6-9,12,14H2,1-5H3,(H,32,33,34,35)/t15-,18-,19+,20+/m1/s1. The third-order valence-electron chi connectivity index (χ3n) is 8.77. The Hall–Kier alpha value is -3.67. The summed E-state index contributed by atoms with van der Waals surface area (Å²) in [6.07, 6.45) is 3.58. The molecule has 6 rings (SSSR count). The second-order valence-electron chi connectivity index (χ2n) is 12.2. The molecule has 0 spiro atoms. The molecule has 2 fully saturated rings. The van der Waals surface area contributed by atoms with Crippen LogP contribution in [-0.2, 0) is 23.1 Å². The number of likely N-dealkylation sites (tertiary alicyclic amines) is 1. The van der Waals surface area contributed by atoms with Gasteiger partial charge in [0.1, 0.15) is 11.5 Å². The first kappa shape index (κ1) is 29.4. The maximum absolute atomic E-state index is 13.3. The van der Waals surface area contributed by atoms with Gasteiger partial charge < -0.3 is 20.0 Å². The Morgan fingerprint density at radius 3 is 2.21 bits per heavy atom. The molecule has 1 saturated carbocycles.